The molecule has 9 N–H and O–H groups in total. The largest absolute Gasteiger partial charge is 0.508 e. The zero-order valence-corrected chi connectivity index (χ0v) is 18.2. The number of amides is 3. The first kappa shape index (κ1) is 27.2. The van der Waals surface area contributed by atoms with Gasteiger partial charge >= 0.3 is 5.97 Å². The van der Waals surface area contributed by atoms with E-state index in [0.717, 1.165) is 0 Å². The zero-order chi connectivity index (χ0) is 24.4. The predicted molar refractivity (Wildman–Crippen MR) is 116 cm³/mol. The highest BCUT2D eigenvalue weighted by Gasteiger charge is 2.31. The molecule has 1 rings (SSSR count). The van der Waals surface area contributed by atoms with E-state index in [0.29, 0.717) is 5.56 Å². The van der Waals surface area contributed by atoms with Crippen LogP contribution in [0.5, 0.6) is 5.75 Å². The topological polar surface area (TPSA) is 211 Å². The van der Waals surface area contributed by atoms with E-state index in [9.17, 15) is 34.5 Å². The van der Waals surface area contributed by atoms with Crippen LogP contribution in [0.15, 0.2) is 24.3 Å². The molecule has 0 aromatic heterocycles. The normalized spacial score (nSPS) is 15.5. The summed E-state index contributed by atoms with van der Waals surface area (Å²) in [7, 11) is 0. The molecule has 0 aliphatic carbocycles. The third-order valence-corrected chi connectivity index (χ3v) is 4.77. The first-order valence-corrected chi connectivity index (χ1v) is 10.2. The molecule has 1 aromatic rings. The number of hydrogen-bond acceptors (Lipinski definition) is 9. The molecule has 0 radical (unpaired) electrons. The molecule has 1 aromatic carbocycles. The first-order chi connectivity index (χ1) is 15.0. The van der Waals surface area contributed by atoms with Gasteiger partial charge < -0.3 is 42.1 Å². The van der Waals surface area contributed by atoms with Gasteiger partial charge in [-0.2, -0.15) is 12.6 Å². The lowest BCUT2D eigenvalue weighted by molar-refractivity contribution is -0.142. The highest BCUT2D eigenvalue weighted by Crippen LogP contribution is 2.11. The van der Waals surface area contributed by atoms with E-state index in [2.05, 4.69) is 28.6 Å². The van der Waals surface area contributed by atoms with E-state index in [1.165, 1.54) is 31.2 Å². The number of rotatable bonds is 12. The van der Waals surface area contributed by atoms with Gasteiger partial charge in [0.15, 0.2) is 0 Å². The average Bonchev–Trinajstić information content (AvgIpc) is 2.75. The molecule has 3 amide bonds. The minimum atomic E-state index is -1.48. The maximum atomic E-state index is 12.6. The highest BCUT2D eigenvalue weighted by molar-refractivity contribution is 7.80. The van der Waals surface area contributed by atoms with Gasteiger partial charge in [0, 0.05) is 12.2 Å². The molecule has 13 heteroatoms. The molecule has 0 bridgehead atoms. The van der Waals surface area contributed by atoms with Crippen molar-refractivity contribution in [1.29, 1.82) is 0 Å². The van der Waals surface area contributed by atoms with Gasteiger partial charge in [-0.05, 0) is 24.6 Å². The van der Waals surface area contributed by atoms with Gasteiger partial charge in [0.1, 0.15) is 29.9 Å². The van der Waals surface area contributed by atoms with Crippen LogP contribution in [0.3, 0.4) is 0 Å². The maximum Gasteiger partial charge on any atom is 0.326 e. The second-order valence-electron chi connectivity index (χ2n) is 7.03. The summed E-state index contributed by atoms with van der Waals surface area (Å²) in [6.45, 7) is 0.544. The van der Waals surface area contributed by atoms with Gasteiger partial charge in [0.2, 0.25) is 17.7 Å². The van der Waals surface area contributed by atoms with Gasteiger partial charge in [0.05, 0.1) is 12.7 Å². The summed E-state index contributed by atoms with van der Waals surface area (Å²) in [6.07, 6.45) is -1.45. The summed E-state index contributed by atoms with van der Waals surface area (Å²) in [5.41, 5.74) is 5.92. The smallest absolute Gasteiger partial charge is 0.326 e. The molecular formula is C19H28N4O8S. The summed E-state index contributed by atoms with van der Waals surface area (Å²) in [5.74, 6) is -4.19. The fourth-order valence-corrected chi connectivity index (χ4v) is 2.80. The number of thiol groups is 1. The molecular weight excluding hydrogens is 444 g/mol. The highest BCUT2D eigenvalue weighted by atomic mass is 32.1. The predicted octanol–water partition coefficient (Wildman–Crippen LogP) is -2.90. The van der Waals surface area contributed by atoms with Crippen LogP contribution in [-0.2, 0) is 25.6 Å². The van der Waals surface area contributed by atoms with Gasteiger partial charge in [0.25, 0.3) is 0 Å². The Morgan fingerprint density at radius 3 is 2.03 bits per heavy atom. The molecule has 5 unspecified atom stereocenters. The Labute approximate surface area is 189 Å². The Morgan fingerprint density at radius 2 is 1.56 bits per heavy atom. The summed E-state index contributed by atoms with van der Waals surface area (Å²) < 4.78 is 0. The molecule has 32 heavy (non-hydrogen) atoms. The Morgan fingerprint density at radius 1 is 1.00 bits per heavy atom. The third kappa shape index (κ3) is 8.34. The lowest BCUT2D eigenvalue weighted by atomic mass is 10.1. The zero-order valence-electron chi connectivity index (χ0n) is 17.3. The minimum absolute atomic E-state index is 0.00205. The number of benzene rings is 1. The molecule has 12 nitrogen and oxygen atoms in total. The van der Waals surface area contributed by atoms with Crippen LogP contribution in [0, 0.1) is 0 Å². The molecule has 0 aliphatic rings. The first-order valence-electron chi connectivity index (χ1n) is 9.57. The number of phenolic OH excluding ortho intramolecular Hbond substituents is 1. The van der Waals surface area contributed by atoms with E-state index in [1.807, 2.05) is 0 Å². The fraction of sp³-hybridized carbons (Fsp3) is 0.474. The lowest BCUT2D eigenvalue weighted by Crippen LogP contribution is -2.60. The van der Waals surface area contributed by atoms with Crippen molar-refractivity contribution in [3.63, 3.8) is 0 Å². The average molecular weight is 473 g/mol. The number of carboxylic acid groups (broad SMARTS) is 1. The Bertz CT molecular complexity index is 805. The van der Waals surface area contributed by atoms with E-state index in [4.69, 9.17) is 10.8 Å². The number of phenols is 1. The maximum absolute atomic E-state index is 12.6. The van der Waals surface area contributed by atoms with Crippen molar-refractivity contribution in [1.82, 2.24) is 16.0 Å². The van der Waals surface area contributed by atoms with E-state index in [1.54, 1.807) is 0 Å². The molecule has 5 atom stereocenters. The van der Waals surface area contributed by atoms with Crippen LogP contribution in [0.1, 0.15) is 12.5 Å². The number of aliphatic carboxylic acids is 1. The monoisotopic (exact) mass is 472 g/mol. The van der Waals surface area contributed by atoms with Gasteiger partial charge in [-0.3, -0.25) is 14.4 Å². The van der Waals surface area contributed by atoms with Crippen LogP contribution in [-0.4, -0.2) is 86.7 Å². The number of aliphatic hydroxyl groups is 2. The van der Waals surface area contributed by atoms with Crippen molar-refractivity contribution >= 4 is 36.3 Å². The second kappa shape index (κ2) is 12.9. The molecule has 0 heterocycles. The molecule has 0 spiro atoms. The van der Waals surface area contributed by atoms with Crippen molar-refractivity contribution in [2.24, 2.45) is 5.73 Å². The molecule has 0 fully saturated rings. The Hall–Kier alpha value is -2.87. The molecule has 0 saturated carbocycles. The summed E-state index contributed by atoms with van der Waals surface area (Å²) >= 11 is 4.00. The number of nitrogens with two attached hydrogens (primary N) is 1. The van der Waals surface area contributed by atoms with Crippen molar-refractivity contribution in [3.05, 3.63) is 29.8 Å². The number of carbonyl (C=O) groups is 4. The van der Waals surface area contributed by atoms with Gasteiger partial charge in [-0.1, -0.05) is 12.1 Å². The summed E-state index contributed by atoms with van der Waals surface area (Å²) in [5, 5.41) is 44.3. The number of carbonyl (C=O) groups excluding carboxylic acids is 3. The van der Waals surface area contributed by atoms with Crippen LogP contribution in [0.4, 0.5) is 0 Å². The van der Waals surface area contributed by atoms with Gasteiger partial charge in [-0.25, -0.2) is 4.79 Å². The lowest BCUT2D eigenvalue weighted by Gasteiger charge is -2.25. The SMILES string of the molecule is CC(O)C(NC(=O)C(N)CO)C(=O)NC(CS)C(=O)NC(Cc1ccc(O)cc1)C(=O)O. The standard InChI is InChI=1S/C19H28N4O8S/c1-9(25)15(23-16(27)12(20)7-24)18(29)22-14(8-32)17(28)21-13(19(30)31)6-10-2-4-11(26)5-3-10/h2-5,9,12-15,24-26,32H,6-8,20H2,1H3,(H,21,28)(H,22,29)(H,23,27)(H,30,31). The van der Waals surface area contributed by atoms with Crippen molar-refractivity contribution < 1.29 is 39.6 Å². The molecule has 0 saturated heterocycles. The molecule has 178 valence electrons. The summed E-state index contributed by atoms with van der Waals surface area (Å²) in [6, 6.07) is 0.343. The third-order valence-electron chi connectivity index (χ3n) is 4.40. The Balaban J connectivity index is 2.85. The second-order valence-corrected chi connectivity index (χ2v) is 7.39. The van der Waals surface area contributed by atoms with E-state index < -0.39 is 60.6 Å². The van der Waals surface area contributed by atoms with Crippen LogP contribution >= 0.6 is 12.6 Å². The molecule has 0 aliphatic heterocycles. The quantitative estimate of drug-likeness (QED) is 0.143. The minimum Gasteiger partial charge on any atom is -0.508 e. The van der Waals surface area contributed by atoms with Crippen molar-refractivity contribution in [3.8, 4) is 5.75 Å². The van der Waals surface area contributed by atoms with Crippen LogP contribution < -0.4 is 21.7 Å². The van der Waals surface area contributed by atoms with E-state index >= 15 is 0 Å². The number of carboxylic acids is 1. The van der Waals surface area contributed by atoms with Crippen molar-refractivity contribution in [2.75, 3.05) is 12.4 Å². The van der Waals surface area contributed by atoms with E-state index in [-0.39, 0.29) is 17.9 Å². The van der Waals surface area contributed by atoms with Crippen LogP contribution in [0.2, 0.25) is 0 Å². The Kier molecular flexibility index (Phi) is 10.9. The van der Waals surface area contributed by atoms with Crippen LogP contribution in [0.25, 0.3) is 0 Å². The summed E-state index contributed by atoms with van der Waals surface area (Å²) in [4.78, 5) is 48.5. The number of aromatic hydroxyl groups is 1. The fourth-order valence-electron chi connectivity index (χ4n) is 2.54. The number of nitrogens with one attached hydrogen (secondary N) is 3. The number of hydrogen-bond donors (Lipinski definition) is 9. The number of aliphatic hydroxyl groups excluding tert-OH is 2. The van der Waals surface area contributed by atoms with Crippen molar-refractivity contribution in [2.45, 2.75) is 43.6 Å². The van der Waals surface area contributed by atoms with Gasteiger partial charge in [-0.15, -0.1) is 0 Å².